The van der Waals surface area contributed by atoms with E-state index in [0.717, 1.165) is 61.7 Å². The van der Waals surface area contributed by atoms with Gasteiger partial charge >= 0.3 is 17.1 Å². The van der Waals surface area contributed by atoms with E-state index < -0.39 is 0 Å². The van der Waals surface area contributed by atoms with Crippen LogP contribution in [0.15, 0.2) is 42.5 Å². The number of hydrogen-bond donors (Lipinski definition) is 4. The normalized spacial score (nSPS) is 38.3. The van der Waals surface area contributed by atoms with Gasteiger partial charge in [0.25, 0.3) is 0 Å². The summed E-state index contributed by atoms with van der Waals surface area (Å²) in [6, 6.07) is 15.5. The zero-order valence-corrected chi connectivity index (χ0v) is 35.1. The Bertz CT molecular complexity index is 1300. The summed E-state index contributed by atoms with van der Waals surface area (Å²) in [5, 5.41) is 17.2. The number of nitrogens with one attached hydrogen (secondary N) is 4. The second-order valence-corrected chi connectivity index (χ2v) is 24.1. The summed E-state index contributed by atoms with van der Waals surface area (Å²) in [5.74, 6) is 6.29. The molecule has 12 rings (SSSR count). The summed E-state index contributed by atoms with van der Waals surface area (Å²) >= 11 is 0. The average molecular weight is 771 g/mol. The molecule has 0 spiro atoms. The Morgan fingerprint density at radius 2 is 1.08 bits per heavy atom. The van der Waals surface area contributed by atoms with Gasteiger partial charge in [-0.3, -0.25) is 0 Å². The molecule has 10 fully saturated rings. The van der Waals surface area contributed by atoms with Crippen molar-refractivity contribution in [2.24, 2.45) is 35.5 Å². The van der Waals surface area contributed by atoms with Gasteiger partial charge in [0.05, 0.1) is 12.3 Å². The Balaban J connectivity index is 0.000000576. The maximum Gasteiger partial charge on any atom is 2.00 e. The second-order valence-electron chi connectivity index (χ2n) is 20.1. The number of hydrogen-bond acceptors (Lipinski definition) is 4. The minimum absolute atomic E-state index is 0. The van der Waals surface area contributed by atoms with Crippen LogP contribution in [0.25, 0.3) is 0 Å². The van der Waals surface area contributed by atoms with Gasteiger partial charge in [-0.1, -0.05) is 26.9 Å². The van der Waals surface area contributed by atoms with E-state index in [9.17, 15) is 0 Å². The first kappa shape index (κ1) is 37.8. The molecule has 51 heavy (non-hydrogen) atoms. The predicted octanol–water partition coefficient (Wildman–Crippen LogP) is 8.91. The monoisotopic (exact) mass is 770 g/mol. The first-order valence-corrected chi connectivity index (χ1v) is 23.2. The van der Waals surface area contributed by atoms with E-state index in [-0.39, 0.29) is 47.9 Å². The van der Waals surface area contributed by atoms with Gasteiger partial charge in [-0.25, -0.2) is 18.2 Å². The third-order valence-electron chi connectivity index (χ3n) is 15.4. The first-order valence-electron chi connectivity index (χ1n) is 21.1. The first-order chi connectivity index (χ1) is 24.1. The molecular formula is C44H68FeN4P2. The number of rotatable bonds is 7. The third-order valence-corrected chi connectivity index (χ3v) is 20.4. The summed E-state index contributed by atoms with van der Waals surface area (Å²) in [6.07, 6.45) is 23.3. The van der Waals surface area contributed by atoms with Crippen molar-refractivity contribution in [2.75, 3.05) is 26.2 Å². The molecule has 8 saturated carbocycles. The molecule has 2 aromatic carbocycles. The predicted molar refractivity (Wildman–Crippen MR) is 215 cm³/mol. The molecule has 282 valence electrons. The fourth-order valence-electron chi connectivity index (χ4n) is 14.1. The van der Waals surface area contributed by atoms with Crippen molar-refractivity contribution in [3.05, 3.63) is 59.2 Å². The van der Waals surface area contributed by atoms with E-state index in [1.54, 1.807) is 93.7 Å². The zero-order valence-electron chi connectivity index (χ0n) is 32.0. The maximum absolute atomic E-state index is 3.99. The summed E-state index contributed by atoms with van der Waals surface area (Å²) in [6.45, 7) is 11.8. The van der Waals surface area contributed by atoms with Crippen LogP contribution >= 0.6 is 17.2 Å². The van der Waals surface area contributed by atoms with Crippen molar-refractivity contribution in [2.45, 2.75) is 150 Å². The van der Waals surface area contributed by atoms with E-state index in [0.29, 0.717) is 10.3 Å². The van der Waals surface area contributed by atoms with Crippen LogP contribution in [0.2, 0.25) is 0 Å². The average Bonchev–Trinajstić information content (AvgIpc) is 3.81. The molecule has 4 nitrogen and oxygen atoms in total. The van der Waals surface area contributed by atoms with Crippen LogP contribution < -0.4 is 21.3 Å². The van der Waals surface area contributed by atoms with Gasteiger partial charge in [-0.15, -0.1) is 22.7 Å². The summed E-state index contributed by atoms with van der Waals surface area (Å²) in [4.78, 5) is 0. The molecule has 8 aliphatic carbocycles. The van der Waals surface area contributed by atoms with Crippen LogP contribution in [0.1, 0.15) is 127 Å². The van der Waals surface area contributed by atoms with Crippen molar-refractivity contribution in [1.29, 1.82) is 0 Å². The van der Waals surface area contributed by atoms with Crippen LogP contribution in [0.4, 0.5) is 0 Å². The van der Waals surface area contributed by atoms with E-state index >= 15 is 0 Å². The van der Waals surface area contributed by atoms with E-state index in [4.69, 9.17) is 0 Å². The molecule has 0 aromatic heterocycles. The van der Waals surface area contributed by atoms with Gasteiger partial charge in [0.2, 0.25) is 0 Å². The van der Waals surface area contributed by atoms with E-state index in [1.165, 1.54) is 19.0 Å². The molecule has 2 aromatic rings. The van der Waals surface area contributed by atoms with Crippen molar-refractivity contribution in [1.82, 2.24) is 21.3 Å². The molecule has 2 heterocycles. The Labute approximate surface area is 324 Å². The fourth-order valence-corrected chi connectivity index (χ4v) is 20.0. The molecule has 0 amide bonds. The maximum atomic E-state index is 3.99. The van der Waals surface area contributed by atoms with Gasteiger partial charge in [0.1, 0.15) is 0 Å². The molecule has 10 aliphatic rings. The standard InChI is InChI=1S/C39H63N4P2.C5H5.Fe/c1-36(2,3)32-16-31(33(17-32)39(44,34-40-6-4-7-41-34)35-42-8-5-9-43-35)24-45(37-18-25-10-26(19-37)12-27(11-25)20-37)38-21-28-13-29(22-38)15-30(14-28)23-38;1-2-4-5-3-1;/h16-17,25-30,34-35,40-43H,4-15,18-24,44H2,1-3H3;1-5H;/q2*-1;+2. The second kappa shape index (κ2) is 14.8. The Morgan fingerprint density at radius 1 is 0.686 bits per heavy atom. The van der Waals surface area contributed by atoms with Crippen molar-refractivity contribution >= 4 is 17.2 Å². The van der Waals surface area contributed by atoms with E-state index in [2.05, 4.69) is 63.4 Å². The van der Waals surface area contributed by atoms with Crippen LogP contribution in [-0.2, 0) is 33.8 Å². The minimum atomic E-state index is -0.135. The molecule has 1 unspecified atom stereocenters. The SMILES string of the molecule is CC(C)(C)c1cc(CP(C23CC4CC(CC(C4)C2)C3)C23CC4CC(CC(C4)C2)C3)c(C(P)(C2NCCCN2)C2NCCCN2)[cH-]1.[Fe+2].c1cc[cH-]c1. The summed E-state index contributed by atoms with van der Waals surface area (Å²) in [5.41, 5.74) is 5.11. The molecule has 4 N–H and O–H groups in total. The summed E-state index contributed by atoms with van der Waals surface area (Å²) < 4.78 is 0. The molecule has 8 bridgehead atoms. The van der Waals surface area contributed by atoms with Gasteiger partial charge in [-0.2, -0.15) is 35.4 Å². The van der Waals surface area contributed by atoms with Crippen LogP contribution in [0.3, 0.4) is 0 Å². The molecule has 1 atom stereocenters. The largest absolute Gasteiger partial charge is 2.00 e. The Morgan fingerprint density at radius 3 is 1.41 bits per heavy atom. The van der Waals surface area contributed by atoms with Crippen LogP contribution in [0, 0.1) is 35.5 Å². The zero-order chi connectivity index (χ0) is 34.1. The van der Waals surface area contributed by atoms with Crippen molar-refractivity contribution < 1.29 is 17.1 Å². The molecular weight excluding hydrogens is 702 g/mol. The quantitative estimate of drug-likeness (QED) is 0.129. The topological polar surface area (TPSA) is 48.1 Å². The molecule has 2 saturated heterocycles. The smallest absolute Gasteiger partial charge is 0.301 e. The minimum Gasteiger partial charge on any atom is -0.301 e. The molecule has 7 heteroatoms. The van der Waals surface area contributed by atoms with Crippen LogP contribution in [0.5, 0.6) is 0 Å². The van der Waals surface area contributed by atoms with Crippen molar-refractivity contribution in [3.8, 4) is 0 Å². The molecule has 2 aliphatic heterocycles. The Hall–Kier alpha value is -0.0805. The third kappa shape index (κ3) is 7.12. The Kier molecular flexibility index (Phi) is 11.0. The van der Waals surface area contributed by atoms with Gasteiger partial charge < -0.3 is 21.3 Å². The van der Waals surface area contributed by atoms with Gasteiger partial charge in [0, 0.05) is 5.16 Å². The van der Waals surface area contributed by atoms with Crippen molar-refractivity contribution in [3.63, 3.8) is 0 Å². The molecule has 0 radical (unpaired) electrons. The fraction of sp³-hybridized carbons (Fsp3) is 0.773. The van der Waals surface area contributed by atoms with Gasteiger partial charge in [-0.05, 0) is 167 Å². The van der Waals surface area contributed by atoms with E-state index in [1.807, 2.05) is 30.3 Å². The van der Waals surface area contributed by atoms with Gasteiger partial charge in [0.15, 0.2) is 0 Å². The summed E-state index contributed by atoms with van der Waals surface area (Å²) in [7, 11) is 3.41. The van der Waals surface area contributed by atoms with Crippen LogP contribution in [-0.4, -0.2) is 48.8 Å².